The first-order chi connectivity index (χ1) is 11.1. The summed E-state index contributed by atoms with van der Waals surface area (Å²) in [6.45, 7) is 0.576. The van der Waals surface area contributed by atoms with Crippen LogP contribution in [-0.4, -0.2) is 24.4 Å². The lowest BCUT2D eigenvalue weighted by molar-refractivity contribution is 0.0941. The topological polar surface area (TPSA) is 67.8 Å². The van der Waals surface area contributed by atoms with Crippen LogP contribution in [-0.2, 0) is 0 Å². The number of aliphatic hydroxyl groups excluding tert-OH is 1. The van der Waals surface area contributed by atoms with Gasteiger partial charge in [0.15, 0.2) is 11.5 Å². The van der Waals surface area contributed by atoms with E-state index in [1.54, 1.807) is 30.3 Å². The molecule has 5 nitrogen and oxygen atoms in total. The zero-order valence-corrected chi connectivity index (χ0v) is 13.9. The van der Waals surface area contributed by atoms with Crippen molar-refractivity contribution in [2.45, 2.75) is 12.5 Å². The molecule has 1 amide bonds. The molecule has 0 radical (unpaired) electrons. The Morgan fingerprint density at radius 3 is 2.83 bits per heavy atom. The molecule has 1 heterocycles. The third-order valence-electron chi connectivity index (χ3n) is 3.60. The second-order valence-corrected chi connectivity index (χ2v) is 6.01. The molecule has 0 saturated heterocycles. The van der Waals surface area contributed by atoms with Crippen LogP contribution >= 0.6 is 15.9 Å². The quantitative estimate of drug-likeness (QED) is 0.840. The molecular weight excluding hydrogens is 362 g/mol. The third kappa shape index (κ3) is 3.65. The van der Waals surface area contributed by atoms with Crippen molar-refractivity contribution in [2.24, 2.45) is 0 Å². The van der Waals surface area contributed by atoms with Gasteiger partial charge in [-0.1, -0.05) is 18.2 Å². The lowest BCUT2D eigenvalue weighted by Gasteiger charge is -2.12. The Morgan fingerprint density at radius 1 is 1.22 bits per heavy atom. The molecule has 1 aliphatic rings. The molecule has 1 aliphatic heterocycles. The van der Waals surface area contributed by atoms with Gasteiger partial charge in [0.2, 0.25) is 6.79 Å². The van der Waals surface area contributed by atoms with Crippen LogP contribution in [0.25, 0.3) is 0 Å². The van der Waals surface area contributed by atoms with Crippen LogP contribution in [0.5, 0.6) is 11.5 Å². The smallest absolute Gasteiger partial charge is 0.252 e. The van der Waals surface area contributed by atoms with Crippen LogP contribution in [0.2, 0.25) is 0 Å². The highest BCUT2D eigenvalue weighted by molar-refractivity contribution is 9.10. The molecule has 2 aromatic carbocycles. The van der Waals surface area contributed by atoms with E-state index in [-0.39, 0.29) is 12.7 Å². The monoisotopic (exact) mass is 377 g/mol. The number of amides is 1. The number of carbonyl (C=O) groups excluding carboxylic acids is 1. The van der Waals surface area contributed by atoms with Gasteiger partial charge in [0.1, 0.15) is 0 Å². The summed E-state index contributed by atoms with van der Waals surface area (Å²) >= 11 is 3.35. The summed E-state index contributed by atoms with van der Waals surface area (Å²) in [5.74, 6) is 1.15. The molecule has 0 aromatic heterocycles. The van der Waals surface area contributed by atoms with E-state index in [9.17, 15) is 9.90 Å². The normalized spacial score (nSPS) is 13.7. The van der Waals surface area contributed by atoms with Crippen LogP contribution in [0.15, 0.2) is 46.9 Å². The number of ether oxygens (including phenoxy) is 2. The van der Waals surface area contributed by atoms with Crippen LogP contribution in [0, 0.1) is 0 Å². The molecule has 2 aromatic rings. The van der Waals surface area contributed by atoms with Gasteiger partial charge in [-0.25, -0.2) is 0 Å². The number of benzene rings is 2. The zero-order valence-electron chi connectivity index (χ0n) is 12.3. The number of carbonyl (C=O) groups is 1. The Hall–Kier alpha value is -2.05. The summed E-state index contributed by atoms with van der Waals surface area (Å²) in [6, 6.07) is 12.6. The highest BCUT2D eigenvalue weighted by atomic mass is 79.9. The molecule has 0 unspecified atom stereocenters. The Bertz CT molecular complexity index is 719. The first-order valence-corrected chi connectivity index (χ1v) is 8.05. The predicted molar refractivity (Wildman–Crippen MR) is 88.6 cm³/mol. The van der Waals surface area contributed by atoms with E-state index in [1.165, 1.54) is 0 Å². The summed E-state index contributed by atoms with van der Waals surface area (Å²) < 4.78 is 11.3. The fourth-order valence-corrected chi connectivity index (χ4v) is 2.81. The van der Waals surface area contributed by atoms with Crippen molar-refractivity contribution in [3.05, 3.63) is 58.1 Å². The van der Waals surface area contributed by atoms with Crippen molar-refractivity contribution in [1.82, 2.24) is 5.32 Å². The number of rotatable bonds is 5. The van der Waals surface area contributed by atoms with Crippen molar-refractivity contribution in [3.63, 3.8) is 0 Å². The van der Waals surface area contributed by atoms with Gasteiger partial charge < -0.3 is 19.9 Å². The summed E-state index contributed by atoms with van der Waals surface area (Å²) in [4.78, 5) is 12.1. The molecule has 2 N–H and O–H groups in total. The molecule has 6 heteroatoms. The summed E-state index contributed by atoms with van der Waals surface area (Å²) in [5.41, 5.74) is 1.31. The largest absolute Gasteiger partial charge is 0.454 e. The van der Waals surface area contributed by atoms with E-state index in [0.29, 0.717) is 30.0 Å². The number of halogens is 1. The van der Waals surface area contributed by atoms with Crippen LogP contribution in [0.1, 0.15) is 28.4 Å². The van der Waals surface area contributed by atoms with Crippen molar-refractivity contribution in [2.75, 3.05) is 13.3 Å². The first kappa shape index (κ1) is 15.8. The van der Waals surface area contributed by atoms with Gasteiger partial charge in [0.05, 0.1) is 11.7 Å². The highest BCUT2D eigenvalue weighted by Gasteiger charge is 2.17. The van der Waals surface area contributed by atoms with E-state index < -0.39 is 6.10 Å². The fourth-order valence-electron chi connectivity index (χ4n) is 2.35. The van der Waals surface area contributed by atoms with Crippen LogP contribution in [0.3, 0.4) is 0 Å². The van der Waals surface area contributed by atoms with Gasteiger partial charge in [0, 0.05) is 11.0 Å². The SMILES string of the molecule is O=C(NCC[C@H](O)c1ccc2c(c1)OCO2)c1ccccc1Br. The van der Waals surface area contributed by atoms with E-state index >= 15 is 0 Å². The van der Waals surface area contributed by atoms with Crippen LogP contribution in [0.4, 0.5) is 0 Å². The molecule has 1 atom stereocenters. The second kappa shape index (κ2) is 7.02. The maximum Gasteiger partial charge on any atom is 0.252 e. The van der Waals surface area contributed by atoms with Gasteiger partial charge in [-0.3, -0.25) is 4.79 Å². The zero-order chi connectivity index (χ0) is 16.2. The average molecular weight is 378 g/mol. The minimum absolute atomic E-state index is 0.171. The predicted octanol–water partition coefficient (Wildman–Crippen LogP) is 3.03. The third-order valence-corrected chi connectivity index (χ3v) is 4.29. The number of nitrogens with one attached hydrogen (secondary N) is 1. The molecule has 3 rings (SSSR count). The van der Waals surface area contributed by atoms with Crippen molar-refractivity contribution < 1.29 is 19.4 Å². The fraction of sp³-hybridized carbons (Fsp3) is 0.235. The molecule has 0 saturated carbocycles. The van der Waals surface area contributed by atoms with Crippen molar-refractivity contribution >= 4 is 21.8 Å². The highest BCUT2D eigenvalue weighted by Crippen LogP contribution is 2.34. The van der Waals surface area contributed by atoms with E-state index in [0.717, 1.165) is 10.0 Å². The van der Waals surface area contributed by atoms with Crippen molar-refractivity contribution in [1.29, 1.82) is 0 Å². The molecule has 120 valence electrons. The van der Waals surface area contributed by atoms with Gasteiger partial charge in [-0.2, -0.15) is 0 Å². The molecule has 0 spiro atoms. The Morgan fingerprint density at radius 2 is 2.00 bits per heavy atom. The maximum atomic E-state index is 12.1. The Balaban J connectivity index is 1.54. The number of hydrogen-bond acceptors (Lipinski definition) is 4. The minimum Gasteiger partial charge on any atom is -0.454 e. The standard InChI is InChI=1S/C17H16BrNO4/c18-13-4-2-1-3-12(13)17(21)19-8-7-14(20)11-5-6-15-16(9-11)23-10-22-15/h1-6,9,14,20H,7-8,10H2,(H,19,21)/t14-/m0/s1. The molecule has 0 fully saturated rings. The van der Waals surface area contributed by atoms with E-state index in [2.05, 4.69) is 21.2 Å². The van der Waals surface area contributed by atoms with E-state index in [4.69, 9.17) is 9.47 Å². The number of aliphatic hydroxyl groups is 1. The lowest BCUT2D eigenvalue weighted by atomic mass is 10.1. The Kier molecular flexibility index (Phi) is 4.83. The molecular formula is C17H16BrNO4. The maximum absolute atomic E-state index is 12.1. The van der Waals surface area contributed by atoms with Gasteiger partial charge >= 0.3 is 0 Å². The molecule has 0 aliphatic carbocycles. The van der Waals surface area contributed by atoms with Gasteiger partial charge in [0.25, 0.3) is 5.91 Å². The van der Waals surface area contributed by atoms with Crippen molar-refractivity contribution in [3.8, 4) is 11.5 Å². The average Bonchev–Trinajstić information content (AvgIpc) is 3.02. The summed E-state index contributed by atoms with van der Waals surface area (Å²) in [6.07, 6.45) is -0.264. The van der Waals surface area contributed by atoms with Crippen LogP contribution < -0.4 is 14.8 Å². The number of hydrogen-bond donors (Lipinski definition) is 2. The van der Waals surface area contributed by atoms with Gasteiger partial charge in [-0.05, 0) is 52.2 Å². The number of fused-ring (bicyclic) bond motifs is 1. The minimum atomic E-state index is -0.677. The summed E-state index contributed by atoms with van der Waals surface area (Å²) in [7, 11) is 0. The first-order valence-electron chi connectivity index (χ1n) is 7.25. The summed E-state index contributed by atoms with van der Waals surface area (Å²) in [5, 5.41) is 13.0. The molecule has 0 bridgehead atoms. The van der Waals surface area contributed by atoms with E-state index in [1.807, 2.05) is 12.1 Å². The van der Waals surface area contributed by atoms with Gasteiger partial charge in [-0.15, -0.1) is 0 Å². The Labute approximate surface area is 142 Å². The lowest BCUT2D eigenvalue weighted by Crippen LogP contribution is -2.25. The second-order valence-electron chi connectivity index (χ2n) is 5.15. The molecule has 23 heavy (non-hydrogen) atoms.